The first-order valence-corrected chi connectivity index (χ1v) is 17.5. The highest BCUT2D eigenvalue weighted by Gasteiger charge is 2.23. The number of ketones is 1. The Kier molecular flexibility index (Phi) is 8.47. The van der Waals surface area contributed by atoms with Crippen molar-refractivity contribution >= 4 is 58.3 Å². The summed E-state index contributed by atoms with van der Waals surface area (Å²) >= 11 is 0. The number of carbonyl (C=O) groups is 1. The Morgan fingerprint density at radius 3 is 1.98 bits per heavy atom. The van der Waals surface area contributed by atoms with E-state index in [2.05, 4.69) is 9.44 Å². The fourth-order valence-electron chi connectivity index (χ4n) is 4.07. The summed E-state index contributed by atoms with van der Waals surface area (Å²) < 4.78 is 87.5. The van der Waals surface area contributed by atoms with Gasteiger partial charge >= 0.3 is 10.1 Å². The minimum atomic E-state index is -4.25. The van der Waals surface area contributed by atoms with E-state index in [1.807, 2.05) is 6.92 Å². The van der Waals surface area contributed by atoms with E-state index in [1.165, 1.54) is 48.5 Å². The molecule has 0 spiro atoms. The summed E-state index contributed by atoms with van der Waals surface area (Å²) in [6, 6.07) is 15.2. The van der Waals surface area contributed by atoms with Gasteiger partial charge in [-0.2, -0.15) is 8.42 Å². The summed E-state index contributed by atoms with van der Waals surface area (Å²) in [5, 5.41) is 0.450. The molecule has 0 aliphatic heterocycles. The van der Waals surface area contributed by atoms with Gasteiger partial charge in [0.1, 0.15) is 22.0 Å². The molecule has 14 heteroatoms. The van der Waals surface area contributed by atoms with Crippen molar-refractivity contribution in [1.29, 1.82) is 0 Å². The molecule has 2 N–H and O–H groups in total. The van der Waals surface area contributed by atoms with Crippen LogP contribution < -0.4 is 13.6 Å². The van der Waals surface area contributed by atoms with Crippen LogP contribution in [0.4, 0.5) is 11.4 Å². The number of nitrogens with one attached hydrogen (secondary N) is 2. The predicted molar refractivity (Wildman–Crippen MR) is 156 cm³/mol. The topological polar surface area (TPSA) is 166 Å². The summed E-state index contributed by atoms with van der Waals surface area (Å²) in [5.74, 6) is 0.0533. The highest BCUT2D eigenvalue weighted by Crippen LogP contribution is 2.32. The highest BCUT2D eigenvalue weighted by atomic mass is 32.2. The average molecular weight is 621 g/mol. The molecule has 0 saturated heterocycles. The number of hydrogen-bond acceptors (Lipinski definition) is 9. The molecule has 0 unspecified atom stereocenters. The smallest absolute Gasteiger partial charge is 0.339 e. The Morgan fingerprint density at radius 1 is 0.805 bits per heavy atom. The predicted octanol–water partition coefficient (Wildman–Crippen LogP) is 4.52. The van der Waals surface area contributed by atoms with Crippen LogP contribution in [0, 0.1) is 0 Å². The van der Waals surface area contributed by atoms with E-state index >= 15 is 0 Å². The minimum absolute atomic E-state index is 0.0391. The lowest BCUT2D eigenvalue weighted by atomic mass is 9.98. The van der Waals surface area contributed by atoms with Gasteiger partial charge in [-0.1, -0.05) is 13.3 Å². The molecule has 0 amide bonds. The molecule has 1 aromatic heterocycles. The second kappa shape index (κ2) is 11.5. The summed E-state index contributed by atoms with van der Waals surface area (Å²) in [5.41, 5.74) is 1.45. The molecular weight excluding hydrogens is 593 g/mol. The molecule has 3 aromatic carbocycles. The summed E-state index contributed by atoms with van der Waals surface area (Å²) in [4.78, 5) is 13.5. The summed E-state index contributed by atoms with van der Waals surface area (Å²) in [6.45, 7) is 2.01. The number of carbonyl (C=O) groups excluding carboxylic acids is 1. The van der Waals surface area contributed by atoms with Crippen LogP contribution in [0.3, 0.4) is 0 Å². The van der Waals surface area contributed by atoms with Gasteiger partial charge in [0, 0.05) is 28.7 Å². The highest BCUT2D eigenvalue weighted by molar-refractivity contribution is 7.92. The van der Waals surface area contributed by atoms with Gasteiger partial charge in [0.05, 0.1) is 18.1 Å². The summed E-state index contributed by atoms with van der Waals surface area (Å²) in [7, 11) is -11.3. The first kappa shape index (κ1) is 30.1. The summed E-state index contributed by atoms with van der Waals surface area (Å²) in [6.07, 6.45) is 4.14. The van der Waals surface area contributed by atoms with Gasteiger partial charge in [0.15, 0.2) is 5.78 Å². The number of aryl methyl sites for hydroxylation is 1. The molecule has 0 radical (unpaired) electrons. The van der Waals surface area contributed by atoms with E-state index in [4.69, 9.17) is 8.60 Å². The van der Waals surface area contributed by atoms with Gasteiger partial charge in [-0.05, 0) is 73.2 Å². The quantitative estimate of drug-likeness (QED) is 0.171. The van der Waals surface area contributed by atoms with Crippen LogP contribution in [0.5, 0.6) is 5.75 Å². The zero-order valence-corrected chi connectivity index (χ0v) is 24.8. The molecule has 0 aliphatic carbocycles. The molecule has 0 saturated carbocycles. The fraction of sp³-hybridized carbons (Fsp3) is 0.222. The Hall–Kier alpha value is -3.88. The van der Waals surface area contributed by atoms with Crippen LogP contribution in [-0.2, 0) is 36.6 Å². The Balaban J connectivity index is 1.61. The van der Waals surface area contributed by atoms with Crippen molar-refractivity contribution in [2.24, 2.45) is 0 Å². The molecule has 4 rings (SSSR count). The second-order valence-corrected chi connectivity index (χ2v) is 14.4. The molecule has 0 fully saturated rings. The Labute approximate surface area is 238 Å². The van der Waals surface area contributed by atoms with E-state index in [0.717, 1.165) is 25.4 Å². The third kappa shape index (κ3) is 7.65. The fourth-order valence-corrected chi connectivity index (χ4v) is 6.12. The molecule has 0 bridgehead atoms. The lowest BCUT2D eigenvalue weighted by molar-refractivity contribution is 0.103. The van der Waals surface area contributed by atoms with Crippen LogP contribution in [0.2, 0.25) is 0 Å². The Morgan fingerprint density at radius 2 is 1.39 bits per heavy atom. The monoisotopic (exact) mass is 620 g/mol. The maximum Gasteiger partial charge on any atom is 0.339 e. The van der Waals surface area contributed by atoms with Crippen LogP contribution >= 0.6 is 0 Å². The van der Waals surface area contributed by atoms with Gasteiger partial charge in [0.25, 0.3) is 0 Å². The molecular formula is C27H28N2O9S3. The number of fused-ring (bicyclic) bond motifs is 1. The third-order valence-electron chi connectivity index (χ3n) is 5.82. The molecule has 1 heterocycles. The van der Waals surface area contributed by atoms with Gasteiger partial charge in [-0.25, -0.2) is 16.8 Å². The zero-order chi connectivity index (χ0) is 30.0. The standard InChI is InChI=1S/C27H28N2O9S3/c1-4-5-6-25-26(23-17-20(29-40(3,33)34)11-16-24(23)37-25)27(30)18-7-12-21(13-8-18)38-41(35,36)22-14-9-19(10-15-22)28-39(2,31)32/h7-17,28-29H,4-6H2,1-3H3. The van der Waals surface area contributed by atoms with Crippen molar-refractivity contribution in [3.8, 4) is 5.75 Å². The van der Waals surface area contributed by atoms with E-state index < -0.39 is 30.2 Å². The van der Waals surface area contributed by atoms with Crippen molar-refractivity contribution in [3.63, 3.8) is 0 Å². The van der Waals surface area contributed by atoms with Crippen LogP contribution in [0.25, 0.3) is 11.0 Å². The lowest BCUT2D eigenvalue weighted by Gasteiger charge is -2.09. The van der Waals surface area contributed by atoms with Gasteiger partial charge in [-0.3, -0.25) is 14.2 Å². The number of sulfonamides is 2. The van der Waals surface area contributed by atoms with Gasteiger partial charge in [0.2, 0.25) is 20.0 Å². The number of benzene rings is 3. The molecule has 0 atom stereocenters. The average Bonchev–Trinajstić information content (AvgIpc) is 3.23. The normalized spacial score (nSPS) is 12.3. The van der Waals surface area contributed by atoms with Crippen molar-refractivity contribution < 1.29 is 38.6 Å². The maximum absolute atomic E-state index is 13.6. The van der Waals surface area contributed by atoms with E-state index in [9.17, 15) is 30.0 Å². The van der Waals surface area contributed by atoms with Gasteiger partial charge in [-0.15, -0.1) is 0 Å². The molecule has 11 nitrogen and oxygen atoms in total. The van der Waals surface area contributed by atoms with E-state index in [-0.39, 0.29) is 33.4 Å². The Bertz CT molecular complexity index is 1910. The molecule has 4 aromatic rings. The van der Waals surface area contributed by atoms with Crippen molar-refractivity contribution in [2.75, 3.05) is 22.0 Å². The second-order valence-electron chi connectivity index (χ2n) is 9.38. The first-order valence-electron chi connectivity index (χ1n) is 12.4. The van der Waals surface area contributed by atoms with E-state index in [0.29, 0.717) is 28.7 Å². The van der Waals surface area contributed by atoms with Crippen LogP contribution in [0.15, 0.2) is 76.0 Å². The third-order valence-corrected chi connectivity index (χ3v) is 8.29. The molecule has 0 aliphatic rings. The van der Waals surface area contributed by atoms with Crippen molar-refractivity contribution in [1.82, 2.24) is 0 Å². The SMILES string of the molecule is CCCCc1oc2ccc(NS(C)(=O)=O)cc2c1C(=O)c1ccc(OS(=O)(=O)c2ccc(NS(C)(=O)=O)cc2)cc1. The zero-order valence-electron chi connectivity index (χ0n) is 22.4. The number of furan rings is 1. The van der Waals surface area contributed by atoms with Crippen molar-refractivity contribution in [3.05, 3.63) is 83.6 Å². The van der Waals surface area contributed by atoms with Gasteiger partial charge < -0.3 is 8.60 Å². The molecule has 218 valence electrons. The lowest BCUT2D eigenvalue weighted by Crippen LogP contribution is -2.12. The minimum Gasteiger partial charge on any atom is -0.460 e. The number of unbranched alkanes of at least 4 members (excludes halogenated alkanes) is 1. The largest absolute Gasteiger partial charge is 0.460 e. The van der Waals surface area contributed by atoms with Crippen LogP contribution in [0.1, 0.15) is 41.4 Å². The molecule has 41 heavy (non-hydrogen) atoms. The first-order chi connectivity index (χ1) is 19.1. The van der Waals surface area contributed by atoms with Crippen LogP contribution in [-0.4, -0.2) is 43.5 Å². The van der Waals surface area contributed by atoms with E-state index in [1.54, 1.807) is 18.2 Å². The number of rotatable bonds is 12. The van der Waals surface area contributed by atoms with Crippen molar-refractivity contribution in [2.45, 2.75) is 31.1 Å². The number of anilines is 2. The maximum atomic E-state index is 13.6. The number of hydrogen-bond donors (Lipinski definition) is 2.